The summed E-state index contributed by atoms with van der Waals surface area (Å²) >= 11 is 1.38. The van der Waals surface area contributed by atoms with Gasteiger partial charge in [0.15, 0.2) is 0 Å². The maximum absolute atomic E-state index is 12.7. The van der Waals surface area contributed by atoms with Crippen LogP contribution in [0, 0.1) is 0 Å². The van der Waals surface area contributed by atoms with Crippen molar-refractivity contribution in [1.82, 2.24) is 15.1 Å². The van der Waals surface area contributed by atoms with Crippen LogP contribution in [0.3, 0.4) is 0 Å². The molecule has 0 aromatic heterocycles. The minimum absolute atomic E-state index is 0.106. The summed E-state index contributed by atoms with van der Waals surface area (Å²) in [6.07, 6.45) is -4.24. The fourth-order valence-corrected chi connectivity index (χ4v) is 4.04. The number of carbonyl (C=O) groups is 2. The topological polar surface area (TPSA) is 52.7 Å². The van der Waals surface area contributed by atoms with Crippen LogP contribution < -0.4 is 5.32 Å². The quantitative estimate of drug-likeness (QED) is 0.761. The fraction of sp³-hybridized carbons (Fsp3) is 0.556. The lowest BCUT2D eigenvalue weighted by Crippen LogP contribution is -2.36. The van der Waals surface area contributed by atoms with E-state index in [1.807, 2.05) is 19.0 Å². The molecule has 1 fully saturated rings. The molecule has 1 saturated heterocycles. The lowest BCUT2D eigenvalue weighted by Gasteiger charge is -2.24. The van der Waals surface area contributed by atoms with Crippen LogP contribution in [0.1, 0.15) is 29.8 Å². The molecule has 1 aliphatic heterocycles. The summed E-state index contributed by atoms with van der Waals surface area (Å²) in [6.45, 7) is 3.24. The Morgan fingerprint density at radius 2 is 1.89 bits per heavy atom. The molecule has 0 radical (unpaired) electrons. The van der Waals surface area contributed by atoms with Gasteiger partial charge in [-0.3, -0.25) is 9.59 Å². The van der Waals surface area contributed by atoms with E-state index in [0.717, 1.165) is 18.7 Å². The number of halogens is 3. The number of nitrogens with zero attached hydrogens (tertiary/aromatic N) is 2. The Bertz CT molecular complexity index is 665. The summed E-state index contributed by atoms with van der Waals surface area (Å²) in [4.78, 5) is 27.9. The average Bonchev–Trinajstić information content (AvgIpc) is 2.87. The number of alkyl halides is 3. The van der Waals surface area contributed by atoms with Gasteiger partial charge in [-0.1, -0.05) is 12.1 Å². The van der Waals surface area contributed by atoms with Gasteiger partial charge in [0.05, 0.1) is 10.8 Å². The van der Waals surface area contributed by atoms with Gasteiger partial charge in [-0.05, 0) is 38.7 Å². The number of hydrogen-bond donors (Lipinski definition) is 1. The van der Waals surface area contributed by atoms with E-state index in [4.69, 9.17) is 0 Å². The second-order valence-electron chi connectivity index (χ2n) is 6.69. The number of likely N-dealkylation sites (N-methyl/N-ethyl adjacent to an activating group) is 1. The molecular weight excluding hydrogens is 379 g/mol. The van der Waals surface area contributed by atoms with Gasteiger partial charge in [-0.25, -0.2) is 0 Å². The van der Waals surface area contributed by atoms with Crippen LogP contribution >= 0.6 is 11.8 Å². The van der Waals surface area contributed by atoms with Crippen molar-refractivity contribution in [3.05, 3.63) is 35.4 Å². The summed E-state index contributed by atoms with van der Waals surface area (Å²) in [5, 5.41) is 2.11. The number of thioether (sulfide) groups is 1. The zero-order chi connectivity index (χ0) is 20.2. The van der Waals surface area contributed by atoms with Crippen molar-refractivity contribution in [2.24, 2.45) is 0 Å². The van der Waals surface area contributed by atoms with E-state index < -0.39 is 11.7 Å². The smallest absolute Gasteiger partial charge is 0.355 e. The average molecular weight is 403 g/mol. The SMILES string of the molecule is C[C@@H]1S[C@H](c2ccc(C(F)(F)F)cc2)N(CCC(=O)NCCN(C)C)C1=O. The lowest BCUT2D eigenvalue weighted by molar-refractivity contribution is -0.137. The van der Waals surface area contributed by atoms with E-state index in [2.05, 4.69) is 5.32 Å². The van der Waals surface area contributed by atoms with Crippen LogP contribution in [-0.2, 0) is 15.8 Å². The molecule has 0 saturated carbocycles. The molecule has 0 spiro atoms. The second-order valence-corrected chi connectivity index (χ2v) is 8.11. The van der Waals surface area contributed by atoms with E-state index in [1.54, 1.807) is 11.8 Å². The second kappa shape index (κ2) is 8.97. The van der Waals surface area contributed by atoms with E-state index in [-0.39, 0.29) is 35.4 Å². The molecule has 0 aliphatic carbocycles. The molecule has 5 nitrogen and oxygen atoms in total. The predicted molar refractivity (Wildman–Crippen MR) is 99.1 cm³/mol. The van der Waals surface area contributed by atoms with Gasteiger partial charge in [0.2, 0.25) is 11.8 Å². The van der Waals surface area contributed by atoms with Crippen LogP contribution in [0.5, 0.6) is 0 Å². The van der Waals surface area contributed by atoms with Crippen molar-refractivity contribution in [2.45, 2.75) is 30.1 Å². The van der Waals surface area contributed by atoms with Crippen molar-refractivity contribution in [3.63, 3.8) is 0 Å². The molecule has 2 rings (SSSR count). The molecule has 1 aliphatic rings. The molecule has 1 heterocycles. The number of hydrogen-bond acceptors (Lipinski definition) is 4. The Labute approximate surface area is 161 Å². The van der Waals surface area contributed by atoms with Crippen molar-refractivity contribution in [2.75, 3.05) is 33.7 Å². The number of benzene rings is 1. The molecule has 0 unspecified atom stereocenters. The zero-order valence-corrected chi connectivity index (χ0v) is 16.4. The fourth-order valence-electron chi connectivity index (χ4n) is 2.73. The van der Waals surface area contributed by atoms with Crippen LogP contribution in [0.2, 0.25) is 0 Å². The Morgan fingerprint density at radius 1 is 1.26 bits per heavy atom. The first-order valence-corrected chi connectivity index (χ1v) is 9.58. The standard InChI is InChI=1S/C18H24F3N3O2S/c1-12-16(26)24(10-8-15(25)22-9-11-23(2)3)17(27-12)13-4-6-14(7-5-13)18(19,20)21/h4-7,12,17H,8-11H2,1-3H3,(H,22,25)/t12-,17+/m0/s1. The molecule has 1 aromatic rings. The summed E-state index contributed by atoms with van der Waals surface area (Å²) in [6, 6.07) is 4.84. The maximum Gasteiger partial charge on any atom is 0.416 e. The van der Waals surface area contributed by atoms with Gasteiger partial charge in [-0.2, -0.15) is 13.2 Å². The molecule has 2 amide bonds. The normalized spacial score (nSPS) is 20.4. The van der Waals surface area contributed by atoms with E-state index in [9.17, 15) is 22.8 Å². The number of carbonyl (C=O) groups excluding carboxylic acids is 2. The van der Waals surface area contributed by atoms with Gasteiger partial charge in [0.25, 0.3) is 0 Å². The Balaban J connectivity index is 2.01. The highest BCUT2D eigenvalue weighted by atomic mass is 32.2. The Morgan fingerprint density at radius 3 is 2.44 bits per heavy atom. The Kier molecular flexibility index (Phi) is 7.16. The number of amides is 2. The summed E-state index contributed by atoms with van der Waals surface area (Å²) in [7, 11) is 3.81. The minimum Gasteiger partial charge on any atom is -0.355 e. The molecular formula is C18H24F3N3O2S. The first kappa shape index (κ1) is 21.6. The third-order valence-corrected chi connectivity index (χ3v) is 5.63. The minimum atomic E-state index is -4.39. The summed E-state index contributed by atoms with van der Waals surface area (Å²) in [5.41, 5.74) is -0.0980. The van der Waals surface area contributed by atoms with Gasteiger partial charge in [0, 0.05) is 26.1 Å². The molecule has 0 bridgehead atoms. The van der Waals surface area contributed by atoms with E-state index in [0.29, 0.717) is 12.1 Å². The molecule has 9 heteroatoms. The first-order chi connectivity index (χ1) is 12.6. The first-order valence-electron chi connectivity index (χ1n) is 8.64. The van der Waals surface area contributed by atoms with Gasteiger partial charge >= 0.3 is 6.18 Å². The Hall–Kier alpha value is -1.74. The lowest BCUT2D eigenvalue weighted by atomic mass is 10.1. The van der Waals surface area contributed by atoms with Crippen molar-refractivity contribution in [1.29, 1.82) is 0 Å². The summed E-state index contributed by atoms with van der Waals surface area (Å²) < 4.78 is 38.2. The van der Waals surface area contributed by atoms with Crippen LogP contribution in [0.4, 0.5) is 13.2 Å². The van der Waals surface area contributed by atoms with Gasteiger partial charge in [-0.15, -0.1) is 11.8 Å². The van der Waals surface area contributed by atoms with E-state index >= 15 is 0 Å². The molecule has 1 aromatic carbocycles. The monoisotopic (exact) mass is 403 g/mol. The molecule has 27 heavy (non-hydrogen) atoms. The number of nitrogens with one attached hydrogen (secondary N) is 1. The third-order valence-electron chi connectivity index (χ3n) is 4.23. The van der Waals surface area contributed by atoms with Crippen LogP contribution in [0.25, 0.3) is 0 Å². The summed E-state index contributed by atoms with van der Waals surface area (Å²) in [5.74, 6) is -0.258. The van der Waals surface area contributed by atoms with Crippen LogP contribution in [0.15, 0.2) is 24.3 Å². The largest absolute Gasteiger partial charge is 0.416 e. The maximum atomic E-state index is 12.7. The number of rotatable bonds is 7. The highest BCUT2D eigenvalue weighted by Crippen LogP contribution is 2.43. The molecule has 2 atom stereocenters. The van der Waals surface area contributed by atoms with Crippen molar-refractivity contribution >= 4 is 23.6 Å². The molecule has 150 valence electrons. The molecule has 1 N–H and O–H groups in total. The third kappa shape index (κ3) is 5.87. The zero-order valence-electron chi connectivity index (χ0n) is 15.5. The van der Waals surface area contributed by atoms with Crippen molar-refractivity contribution < 1.29 is 22.8 Å². The van der Waals surface area contributed by atoms with Crippen molar-refractivity contribution in [3.8, 4) is 0 Å². The highest BCUT2D eigenvalue weighted by Gasteiger charge is 2.39. The highest BCUT2D eigenvalue weighted by molar-refractivity contribution is 8.01. The van der Waals surface area contributed by atoms with Gasteiger partial charge in [0.1, 0.15) is 5.37 Å². The van der Waals surface area contributed by atoms with Gasteiger partial charge < -0.3 is 15.1 Å². The van der Waals surface area contributed by atoms with E-state index in [1.165, 1.54) is 23.9 Å². The predicted octanol–water partition coefficient (Wildman–Crippen LogP) is 2.74. The van der Waals surface area contributed by atoms with Crippen LogP contribution in [-0.4, -0.2) is 60.6 Å².